The number of benzene rings is 1. The highest BCUT2D eigenvalue weighted by molar-refractivity contribution is 5.74. The fourth-order valence-corrected chi connectivity index (χ4v) is 3.05. The topological polar surface area (TPSA) is 66.9 Å². The third kappa shape index (κ3) is 5.10. The van der Waals surface area contributed by atoms with E-state index in [4.69, 9.17) is 9.47 Å². The highest BCUT2D eigenvalue weighted by Gasteiger charge is 2.17. The van der Waals surface area contributed by atoms with Crippen molar-refractivity contribution in [1.82, 2.24) is 15.2 Å². The van der Waals surface area contributed by atoms with Crippen LogP contribution in [0.25, 0.3) is 0 Å². The normalized spacial score (nSPS) is 13.9. The zero-order valence-corrected chi connectivity index (χ0v) is 15.9. The number of hydrogen-bond acceptors (Lipinski definition) is 5. The number of amides is 2. The van der Waals surface area contributed by atoms with Gasteiger partial charge in [0.2, 0.25) is 0 Å². The molecule has 0 atom stereocenters. The molecule has 1 fully saturated rings. The lowest BCUT2D eigenvalue weighted by Gasteiger charge is -2.29. The van der Waals surface area contributed by atoms with Gasteiger partial charge in [-0.05, 0) is 23.8 Å². The number of ether oxygens (including phenoxy) is 2. The molecule has 144 valence electrons. The summed E-state index contributed by atoms with van der Waals surface area (Å²) in [6.45, 7) is 3.97. The summed E-state index contributed by atoms with van der Waals surface area (Å²) in [5.74, 6) is 1.70. The van der Waals surface area contributed by atoms with Gasteiger partial charge < -0.3 is 24.6 Å². The number of morpholine rings is 1. The Balaban J connectivity index is 1.58. The number of methoxy groups -OCH3 is 1. The van der Waals surface area contributed by atoms with E-state index < -0.39 is 0 Å². The number of carbonyl (C=O) groups excluding carboxylic acids is 1. The van der Waals surface area contributed by atoms with Crippen LogP contribution in [0.5, 0.6) is 5.75 Å². The second kappa shape index (κ2) is 9.23. The fourth-order valence-electron chi connectivity index (χ4n) is 3.05. The molecule has 7 nitrogen and oxygen atoms in total. The smallest absolute Gasteiger partial charge is 0.317 e. The van der Waals surface area contributed by atoms with Gasteiger partial charge in [-0.2, -0.15) is 0 Å². The molecule has 2 aromatic rings. The number of urea groups is 1. The van der Waals surface area contributed by atoms with Crippen molar-refractivity contribution in [3.8, 4) is 5.75 Å². The minimum absolute atomic E-state index is 0.130. The third-order valence-corrected chi connectivity index (χ3v) is 4.51. The molecule has 3 rings (SSSR count). The first-order chi connectivity index (χ1) is 13.2. The second-order valence-electron chi connectivity index (χ2n) is 6.45. The molecular formula is C20H26N4O3. The van der Waals surface area contributed by atoms with Crippen LogP contribution in [-0.2, 0) is 17.8 Å². The van der Waals surface area contributed by atoms with Gasteiger partial charge in [-0.15, -0.1) is 0 Å². The monoisotopic (exact) mass is 370 g/mol. The Labute approximate surface area is 159 Å². The molecule has 2 heterocycles. The van der Waals surface area contributed by atoms with Crippen LogP contribution in [0.1, 0.15) is 11.1 Å². The maximum atomic E-state index is 12.5. The van der Waals surface area contributed by atoms with Gasteiger partial charge in [0.15, 0.2) is 0 Å². The van der Waals surface area contributed by atoms with Crippen LogP contribution < -0.4 is 15.0 Å². The van der Waals surface area contributed by atoms with Crippen LogP contribution in [-0.4, -0.2) is 56.4 Å². The zero-order chi connectivity index (χ0) is 19.1. The minimum atomic E-state index is -0.130. The van der Waals surface area contributed by atoms with Crippen molar-refractivity contribution < 1.29 is 14.3 Å². The van der Waals surface area contributed by atoms with Gasteiger partial charge in [-0.1, -0.05) is 18.2 Å². The van der Waals surface area contributed by atoms with E-state index in [0.717, 1.165) is 35.8 Å². The lowest BCUT2D eigenvalue weighted by Crippen LogP contribution is -2.39. The number of rotatable bonds is 6. The van der Waals surface area contributed by atoms with E-state index in [-0.39, 0.29) is 6.03 Å². The Morgan fingerprint density at radius 2 is 2.11 bits per heavy atom. The Morgan fingerprint density at radius 1 is 1.30 bits per heavy atom. The van der Waals surface area contributed by atoms with Crippen LogP contribution in [0.3, 0.4) is 0 Å². The molecule has 2 amide bonds. The summed E-state index contributed by atoms with van der Waals surface area (Å²) in [4.78, 5) is 20.8. The summed E-state index contributed by atoms with van der Waals surface area (Å²) in [6, 6.07) is 11.5. The number of anilines is 1. The molecule has 0 saturated carbocycles. The molecule has 0 radical (unpaired) electrons. The first kappa shape index (κ1) is 19.0. The lowest BCUT2D eigenvalue weighted by atomic mass is 10.2. The molecule has 1 N–H and O–H groups in total. The van der Waals surface area contributed by atoms with Crippen LogP contribution in [0.4, 0.5) is 10.6 Å². The zero-order valence-electron chi connectivity index (χ0n) is 15.9. The van der Waals surface area contributed by atoms with Gasteiger partial charge in [0.25, 0.3) is 0 Å². The maximum Gasteiger partial charge on any atom is 0.317 e. The summed E-state index contributed by atoms with van der Waals surface area (Å²) in [5, 5.41) is 2.98. The average molecular weight is 370 g/mol. The number of nitrogens with one attached hydrogen (secondary N) is 1. The molecule has 0 unspecified atom stereocenters. The van der Waals surface area contributed by atoms with Gasteiger partial charge in [-0.3, -0.25) is 0 Å². The van der Waals surface area contributed by atoms with E-state index in [1.165, 1.54) is 0 Å². The number of carbonyl (C=O) groups is 1. The van der Waals surface area contributed by atoms with E-state index in [0.29, 0.717) is 26.3 Å². The molecule has 1 saturated heterocycles. The van der Waals surface area contributed by atoms with Crippen molar-refractivity contribution in [1.29, 1.82) is 0 Å². The molecule has 1 aliphatic rings. The third-order valence-electron chi connectivity index (χ3n) is 4.51. The Hall–Kier alpha value is -2.80. The highest BCUT2D eigenvalue weighted by atomic mass is 16.5. The average Bonchev–Trinajstić information content (AvgIpc) is 2.73. The molecule has 1 aromatic heterocycles. The molecule has 27 heavy (non-hydrogen) atoms. The summed E-state index contributed by atoms with van der Waals surface area (Å²) in [7, 11) is 3.41. The van der Waals surface area contributed by atoms with Crippen LogP contribution in [0, 0.1) is 0 Å². The number of pyridine rings is 1. The number of nitrogens with zero attached hydrogens (tertiary/aromatic N) is 3. The van der Waals surface area contributed by atoms with Crippen molar-refractivity contribution >= 4 is 11.8 Å². The standard InChI is InChI=1S/C20H26N4O3/c1-23(15-16-5-3-7-18(13-16)26-2)20(25)22-14-17-6-4-8-21-19(17)24-9-11-27-12-10-24/h3-8,13H,9-12,14-15H2,1-2H3,(H,22,25). The molecule has 7 heteroatoms. The Kier molecular flexibility index (Phi) is 6.49. The quantitative estimate of drug-likeness (QED) is 0.845. The van der Waals surface area contributed by atoms with E-state index in [2.05, 4.69) is 15.2 Å². The lowest BCUT2D eigenvalue weighted by molar-refractivity contribution is 0.122. The van der Waals surface area contributed by atoms with Gasteiger partial charge >= 0.3 is 6.03 Å². The highest BCUT2D eigenvalue weighted by Crippen LogP contribution is 2.18. The maximum absolute atomic E-state index is 12.5. The predicted octanol–water partition coefficient (Wildman–Crippen LogP) is 2.27. The fraction of sp³-hybridized carbons (Fsp3) is 0.400. The Morgan fingerprint density at radius 3 is 2.89 bits per heavy atom. The first-order valence-corrected chi connectivity index (χ1v) is 9.06. The predicted molar refractivity (Wildman–Crippen MR) is 104 cm³/mol. The molecule has 1 aliphatic heterocycles. The van der Waals surface area contributed by atoms with Crippen molar-refractivity contribution in [3.63, 3.8) is 0 Å². The first-order valence-electron chi connectivity index (χ1n) is 9.06. The van der Waals surface area contributed by atoms with Gasteiger partial charge in [0.1, 0.15) is 11.6 Å². The van der Waals surface area contributed by atoms with Gasteiger partial charge in [0, 0.05) is 45.0 Å². The van der Waals surface area contributed by atoms with E-state index in [1.807, 2.05) is 36.4 Å². The van der Waals surface area contributed by atoms with Crippen molar-refractivity contribution in [2.24, 2.45) is 0 Å². The van der Waals surface area contributed by atoms with Crippen molar-refractivity contribution in [2.45, 2.75) is 13.1 Å². The van der Waals surface area contributed by atoms with Crippen LogP contribution in [0.2, 0.25) is 0 Å². The van der Waals surface area contributed by atoms with Gasteiger partial charge in [-0.25, -0.2) is 9.78 Å². The van der Waals surface area contributed by atoms with Crippen molar-refractivity contribution in [3.05, 3.63) is 53.7 Å². The minimum Gasteiger partial charge on any atom is -0.497 e. The van der Waals surface area contributed by atoms with Crippen molar-refractivity contribution in [2.75, 3.05) is 45.4 Å². The van der Waals surface area contributed by atoms with Crippen LogP contribution in [0.15, 0.2) is 42.6 Å². The second-order valence-corrected chi connectivity index (χ2v) is 6.45. The summed E-state index contributed by atoms with van der Waals surface area (Å²) >= 11 is 0. The van der Waals surface area contributed by atoms with E-state index in [9.17, 15) is 4.79 Å². The summed E-state index contributed by atoms with van der Waals surface area (Å²) < 4.78 is 10.6. The van der Waals surface area contributed by atoms with Gasteiger partial charge in [0.05, 0.1) is 20.3 Å². The largest absolute Gasteiger partial charge is 0.497 e. The Bertz CT molecular complexity index is 762. The molecular weight excluding hydrogens is 344 g/mol. The van der Waals surface area contributed by atoms with E-state index in [1.54, 1.807) is 25.3 Å². The molecule has 1 aromatic carbocycles. The molecule has 0 aliphatic carbocycles. The van der Waals surface area contributed by atoms with E-state index >= 15 is 0 Å². The molecule has 0 bridgehead atoms. The SMILES string of the molecule is COc1cccc(CN(C)C(=O)NCc2cccnc2N2CCOCC2)c1. The molecule has 0 spiro atoms. The summed E-state index contributed by atoms with van der Waals surface area (Å²) in [5.41, 5.74) is 2.02. The number of aromatic nitrogens is 1. The summed E-state index contributed by atoms with van der Waals surface area (Å²) in [6.07, 6.45) is 1.78. The number of hydrogen-bond donors (Lipinski definition) is 1. The van der Waals surface area contributed by atoms with Crippen LogP contribution >= 0.6 is 0 Å².